The molecule has 0 heterocycles. The molecule has 2 unspecified atom stereocenters. The van der Waals surface area contributed by atoms with Crippen molar-refractivity contribution in [2.24, 2.45) is 0 Å². The fourth-order valence-corrected chi connectivity index (χ4v) is 14.3. The number of nitrogens with one attached hydrogen (secondary N) is 4. The van der Waals surface area contributed by atoms with Crippen LogP contribution in [0.4, 0.5) is 4.79 Å². The van der Waals surface area contributed by atoms with Gasteiger partial charge in [0.05, 0.1) is 77.8 Å². The van der Waals surface area contributed by atoms with E-state index in [4.69, 9.17) is 37.0 Å². The van der Waals surface area contributed by atoms with Gasteiger partial charge in [-0.1, -0.05) is 298 Å². The number of phosphoric acid groups is 2. The SMILES string of the molecule is CCCCCCCCCCCC(=O)CC(=O)N[C@@H](COCC[C@@H](CCCCCCC)OC(=O)CCCCCCCCCCC)COP(=O)(O)OCCNC(=O)NCCOP(=O)(O)OC[C@H](COCC[C@@H](CCCCCCC)OC(=O)CCCCCCCCCCC)NC(=O)CC(=O)CCCCCCCCCCC.[Na+]. The molecular weight excluding hydrogens is 1440 g/mol. The van der Waals surface area contributed by atoms with Crippen LogP contribution in [0.1, 0.15) is 401 Å². The molecule has 0 radical (unpaired) electrons. The van der Waals surface area contributed by atoms with Crippen LogP contribution < -0.4 is 50.8 Å². The van der Waals surface area contributed by atoms with E-state index in [9.17, 15) is 52.5 Å². The topological polar surface area (TPSA) is 316 Å². The van der Waals surface area contributed by atoms with Gasteiger partial charge in [-0.05, 0) is 51.4 Å². The van der Waals surface area contributed by atoms with Crippen LogP contribution in [0.5, 0.6) is 0 Å². The molecule has 0 aromatic carbocycles. The van der Waals surface area contributed by atoms with E-state index < -0.39 is 72.0 Å². The van der Waals surface area contributed by atoms with Gasteiger partial charge in [0.1, 0.15) is 23.8 Å². The van der Waals surface area contributed by atoms with Gasteiger partial charge in [-0.3, -0.25) is 46.9 Å². The van der Waals surface area contributed by atoms with Gasteiger partial charge < -0.3 is 50.0 Å². The average Bonchev–Trinajstić information content (AvgIpc) is 0.914. The summed E-state index contributed by atoms with van der Waals surface area (Å²) in [6, 6.07) is -2.73. The number of ether oxygens (including phenoxy) is 4. The van der Waals surface area contributed by atoms with Crippen molar-refractivity contribution in [3.05, 3.63) is 0 Å². The molecule has 109 heavy (non-hydrogen) atoms. The van der Waals surface area contributed by atoms with Crippen molar-refractivity contribution in [1.82, 2.24) is 21.3 Å². The van der Waals surface area contributed by atoms with Crippen LogP contribution in [0.2, 0.25) is 0 Å². The smallest absolute Gasteiger partial charge is 0.462 e. The van der Waals surface area contributed by atoms with E-state index in [0.717, 1.165) is 141 Å². The molecule has 0 saturated carbocycles. The Balaban J connectivity index is 0. The molecule has 0 saturated heterocycles. The van der Waals surface area contributed by atoms with Crippen LogP contribution in [0.25, 0.3) is 0 Å². The quantitative estimate of drug-likeness (QED) is 0.0108. The predicted octanol–water partition coefficient (Wildman–Crippen LogP) is 17.5. The Kier molecular flexibility index (Phi) is 79.2. The number of ketones is 2. The van der Waals surface area contributed by atoms with E-state index in [-0.39, 0.29) is 130 Å². The van der Waals surface area contributed by atoms with Gasteiger partial charge in [0.2, 0.25) is 11.8 Å². The van der Waals surface area contributed by atoms with Crippen LogP contribution in [0.15, 0.2) is 0 Å². The normalized spacial score (nSPS) is 13.7. The molecule has 0 bridgehead atoms. The summed E-state index contributed by atoms with van der Waals surface area (Å²) in [6.45, 7) is 10.5. The summed E-state index contributed by atoms with van der Waals surface area (Å²) in [6.07, 6.45) is 52.3. The standard InChI is InChI=1S/C83H160N4O19P2.Na/c1-7-13-19-25-29-33-37-43-47-53-75(88)67-79(90)86-73(69-99-63-59-77(55-49-41-23-17-11-5)105-81(92)57-51-45-39-35-31-27-21-15-9-3)71-103-107(95,96)101-65-61-84-83(94)85-62-66-102-108(97,98)104-72-74(87-80(91)68-76(89)54-48-44-38-34-30-26-20-14-8-2)70-100-64-60-78(56-50-42-24-18-12-6)106-82(93)58-52-46-40-36-32-28-22-16-10-4;/h73-74,77-78H,7-72H2,1-6H3,(H,86,90)(H,87,91)(H,95,96)(H,97,98)(H2,84,85,94);/q;+1/t73-,74-,77+,78+;/m0./s1. The van der Waals surface area contributed by atoms with Gasteiger partial charge in [-0.2, -0.15) is 0 Å². The Morgan fingerprint density at radius 1 is 0.312 bits per heavy atom. The summed E-state index contributed by atoms with van der Waals surface area (Å²) in [4.78, 5) is 113. The first-order valence-corrected chi connectivity index (χ1v) is 46.7. The van der Waals surface area contributed by atoms with Crippen molar-refractivity contribution in [3.63, 3.8) is 0 Å². The van der Waals surface area contributed by atoms with Crippen LogP contribution in [0.3, 0.4) is 0 Å². The van der Waals surface area contributed by atoms with Crippen molar-refractivity contribution in [2.75, 3.05) is 65.9 Å². The molecule has 0 fully saturated rings. The maximum Gasteiger partial charge on any atom is 1.00 e. The summed E-state index contributed by atoms with van der Waals surface area (Å²) in [5.41, 5.74) is 0. The van der Waals surface area contributed by atoms with E-state index in [1.165, 1.54) is 141 Å². The number of carbonyl (C=O) groups is 7. The van der Waals surface area contributed by atoms with Gasteiger partial charge in [0.15, 0.2) is 0 Å². The average molecular weight is 1600 g/mol. The monoisotopic (exact) mass is 1600 g/mol. The van der Waals surface area contributed by atoms with Crippen molar-refractivity contribution < 1.29 is 119 Å². The number of hydrogen-bond donors (Lipinski definition) is 6. The minimum absolute atomic E-state index is 0. The minimum Gasteiger partial charge on any atom is -0.462 e. The number of phosphoric ester groups is 2. The number of esters is 2. The minimum atomic E-state index is -4.80. The fraction of sp³-hybridized carbons (Fsp3) is 0.916. The van der Waals surface area contributed by atoms with Crippen LogP contribution >= 0.6 is 15.6 Å². The van der Waals surface area contributed by atoms with Crippen LogP contribution in [-0.4, -0.2) is 141 Å². The number of urea groups is 1. The Morgan fingerprint density at radius 2 is 0.569 bits per heavy atom. The van der Waals surface area contributed by atoms with E-state index in [1.54, 1.807) is 0 Å². The summed E-state index contributed by atoms with van der Waals surface area (Å²) in [5, 5.41) is 10.3. The summed E-state index contributed by atoms with van der Waals surface area (Å²) in [5.74, 6) is -2.09. The number of rotatable bonds is 84. The molecular formula is C83H160N4NaO19P2+. The molecule has 636 valence electrons. The van der Waals surface area contributed by atoms with E-state index in [2.05, 4.69) is 62.8 Å². The second-order valence-corrected chi connectivity index (χ2v) is 32.9. The second kappa shape index (κ2) is 79.5. The molecule has 26 heteroatoms. The number of amides is 4. The van der Waals surface area contributed by atoms with E-state index >= 15 is 0 Å². The molecule has 0 rings (SSSR count). The second-order valence-electron chi connectivity index (χ2n) is 30.0. The van der Waals surface area contributed by atoms with Gasteiger partial charge in [0.25, 0.3) is 0 Å². The number of Topliss-reactive ketones (excluding diaryl/α,β-unsaturated/α-hetero) is 2. The van der Waals surface area contributed by atoms with Gasteiger partial charge in [-0.15, -0.1) is 0 Å². The molecule has 0 aliphatic carbocycles. The maximum absolute atomic E-state index is 13.3. The molecule has 6 N–H and O–H groups in total. The summed E-state index contributed by atoms with van der Waals surface area (Å²) < 4.78 is 71.2. The van der Waals surface area contributed by atoms with Crippen LogP contribution in [0, 0.1) is 0 Å². The first-order chi connectivity index (χ1) is 52.3. The Labute approximate surface area is 684 Å². The van der Waals surface area contributed by atoms with Crippen LogP contribution in [-0.2, 0) is 74.9 Å². The first kappa shape index (κ1) is 109. The van der Waals surface area contributed by atoms with Crippen molar-refractivity contribution in [3.8, 4) is 0 Å². The zero-order chi connectivity index (χ0) is 79.5. The molecule has 23 nitrogen and oxygen atoms in total. The van der Waals surface area contributed by atoms with Gasteiger partial charge in [-0.25, -0.2) is 13.9 Å². The van der Waals surface area contributed by atoms with Crippen molar-refractivity contribution in [1.29, 1.82) is 0 Å². The fourth-order valence-electron chi connectivity index (χ4n) is 12.8. The van der Waals surface area contributed by atoms with Gasteiger partial charge >= 0.3 is 63.2 Å². The zero-order valence-electron chi connectivity index (χ0n) is 70.2. The van der Waals surface area contributed by atoms with Crippen molar-refractivity contribution >= 4 is 57.0 Å². The van der Waals surface area contributed by atoms with E-state index in [0.29, 0.717) is 51.4 Å². The Hall–Kier alpha value is -2.37. The summed E-state index contributed by atoms with van der Waals surface area (Å²) >= 11 is 0. The Bertz CT molecular complexity index is 2130. The third-order valence-corrected chi connectivity index (χ3v) is 21.3. The van der Waals surface area contributed by atoms with E-state index in [1.807, 2.05) is 0 Å². The summed E-state index contributed by atoms with van der Waals surface area (Å²) in [7, 11) is -9.60. The third kappa shape index (κ3) is 76.7. The Morgan fingerprint density at radius 3 is 0.853 bits per heavy atom. The maximum atomic E-state index is 13.3. The third-order valence-electron chi connectivity index (χ3n) is 19.4. The zero-order valence-corrected chi connectivity index (χ0v) is 74.0. The molecule has 0 spiro atoms. The molecule has 0 aliphatic heterocycles. The number of carbonyl (C=O) groups excluding carboxylic acids is 7. The van der Waals surface area contributed by atoms with Gasteiger partial charge in [0, 0.05) is 51.6 Å². The molecule has 6 atom stereocenters. The molecule has 0 aromatic heterocycles. The number of hydrogen-bond acceptors (Lipinski definition) is 17. The predicted molar refractivity (Wildman–Crippen MR) is 433 cm³/mol. The number of unbranched alkanes of at least 4 members (excludes halogenated alkanes) is 40. The molecule has 0 aliphatic rings. The molecule has 4 amide bonds. The molecule has 0 aromatic rings. The van der Waals surface area contributed by atoms with Crippen molar-refractivity contribution in [2.45, 2.75) is 425 Å². The largest absolute Gasteiger partial charge is 1.00 e. The first-order valence-electron chi connectivity index (χ1n) is 43.7.